The van der Waals surface area contributed by atoms with Gasteiger partial charge in [-0.05, 0) is 58.3 Å². The molecule has 1 aromatic rings. The maximum atomic E-state index is 4.64. The highest BCUT2D eigenvalue weighted by Crippen LogP contribution is 1.96. The highest BCUT2D eigenvalue weighted by atomic mass is 127. The Bertz CT molecular complexity index is 415. The molecule has 0 aliphatic heterocycles. The van der Waals surface area contributed by atoms with Crippen LogP contribution in [0.3, 0.4) is 0 Å². The van der Waals surface area contributed by atoms with Gasteiger partial charge in [0, 0.05) is 38.6 Å². The zero-order chi connectivity index (χ0) is 17.5. The number of hydrogen-bond donors (Lipinski definition) is 2. The molecule has 1 heterocycles. The van der Waals surface area contributed by atoms with Crippen molar-refractivity contribution in [2.24, 2.45) is 4.99 Å². The molecule has 0 aliphatic carbocycles. The Kier molecular flexibility index (Phi) is 16.1. The minimum atomic E-state index is 0. The zero-order valence-corrected chi connectivity index (χ0v) is 18.5. The predicted octanol–water partition coefficient (Wildman–Crippen LogP) is 2.96. The van der Waals surface area contributed by atoms with Crippen molar-refractivity contribution in [3.05, 3.63) is 18.5 Å². The number of nitrogens with one attached hydrogen (secondary N) is 2. The lowest BCUT2D eigenvalue weighted by atomic mass is 10.3. The van der Waals surface area contributed by atoms with Crippen LogP contribution in [0.4, 0.5) is 0 Å². The second-order valence-electron chi connectivity index (χ2n) is 6.01. The number of guanidine groups is 1. The third kappa shape index (κ3) is 12.2. The lowest BCUT2D eigenvalue weighted by Crippen LogP contribution is -2.39. The average Bonchev–Trinajstić information content (AvgIpc) is 3.09. The van der Waals surface area contributed by atoms with Gasteiger partial charge < -0.3 is 15.5 Å². The second-order valence-corrected chi connectivity index (χ2v) is 6.01. The first kappa shape index (κ1) is 24.2. The van der Waals surface area contributed by atoms with Crippen molar-refractivity contribution in [1.82, 2.24) is 25.3 Å². The first-order valence-corrected chi connectivity index (χ1v) is 9.52. The van der Waals surface area contributed by atoms with Crippen LogP contribution in [-0.2, 0) is 6.54 Å². The molecule has 0 atom stereocenters. The van der Waals surface area contributed by atoms with E-state index in [1.165, 1.54) is 25.9 Å². The monoisotopic (exact) mass is 464 g/mol. The molecular weight excluding hydrogens is 427 g/mol. The van der Waals surface area contributed by atoms with Gasteiger partial charge in [-0.15, -0.1) is 24.0 Å². The average molecular weight is 464 g/mol. The SMILES string of the molecule is CCCN(CCC)CCCNC(=NCCCn1cccn1)NCC.I. The number of hydrogen-bond acceptors (Lipinski definition) is 3. The van der Waals surface area contributed by atoms with Crippen molar-refractivity contribution in [1.29, 1.82) is 0 Å². The van der Waals surface area contributed by atoms with Crippen LogP contribution in [0.15, 0.2) is 23.5 Å². The Hall–Kier alpha value is -0.830. The van der Waals surface area contributed by atoms with E-state index in [1.807, 2.05) is 23.1 Å². The van der Waals surface area contributed by atoms with Crippen LogP contribution < -0.4 is 10.6 Å². The highest BCUT2D eigenvalue weighted by molar-refractivity contribution is 14.0. The lowest BCUT2D eigenvalue weighted by molar-refractivity contribution is 0.271. The van der Waals surface area contributed by atoms with Crippen molar-refractivity contribution < 1.29 is 0 Å². The zero-order valence-electron chi connectivity index (χ0n) is 16.2. The molecule has 0 saturated heterocycles. The summed E-state index contributed by atoms with van der Waals surface area (Å²) in [5.74, 6) is 0.926. The van der Waals surface area contributed by atoms with Gasteiger partial charge in [0.05, 0.1) is 0 Å². The summed E-state index contributed by atoms with van der Waals surface area (Å²) in [6.45, 7) is 13.8. The molecule has 2 N–H and O–H groups in total. The number of halogens is 1. The number of aliphatic imine (C=N–C) groups is 1. The van der Waals surface area contributed by atoms with Gasteiger partial charge in [-0.3, -0.25) is 9.67 Å². The first-order chi connectivity index (χ1) is 11.8. The number of aromatic nitrogens is 2. The molecule has 1 rings (SSSR count). The Morgan fingerprint density at radius 1 is 1.08 bits per heavy atom. The summed E-state index contributed by atoms with van der Waals surface area (Å²) in [6, 6.07) is 1.95. The summed E-state index contributed by atoms with van der Waals surface area (Å²) in [5.41, 5.74) is 0. The van der Waals surface area contributed by atoms with Crippen LogP contribution in [0.2, 0.25) is 0 Å². The molecule has 0 spiro atoms. The molecule has 1 aromatic heterocycles. The Morgan fingerprint density at radius 3 is 2.44 bits per heavy atom. The molecule has 0 saturated carbocycles. The van der Waals surface area contributed by atoms with Crippen LogP contribution in [0.5, 0.6) is 0 Å². The maximum Gasteiger partial charge on any atom is 0.191 e. The second kappa shape index (κ2) is 16.6. The molecule has 0 amide bonds. The molecule has 146 valence electrons. The third-order valence-electron chi connectivity index (χ3n) is 3.74. The minimum absolute atomic E-state index is 0. The van der Waals surface area contributed by atoms with Crippen LogP contribution in [0.1, 0.15) is 46.5 Å². The van der Waals surface area contributed by atoms with Crippen LogP contribution in [0.25, 0.3) is 0 Å². The first-order valence-electron chi connectivity index (χ1n) is 9.52. The molecule has 25 heavy (non-hydrogen) atoms. The summed E-state index contributed by atoms with van der Waals surface area (Å²) >= 11 is 0. The summed E-state index contributed by atoms with van der Waals surface area (Å²) in [5, 5.41) is 11.0. The van der Waals surface area contributed by atoms with Gasteiger partial charge in [0.2, 0.25) is 0 Å². The summed E-state index contributed by atoms with van der Waals surface area (Å²) in [7, 11) is 0. The van der Waals surface area contributed by atoms with Gasteiger partial charge in [-0.2, -0.15) is 5.10 Å². The van der Waals surface area contributed by atoms with Crippen molar-refractivity contribution in [3.8, 4) is 0 Å². The normalized spacial score (nSPS) is 11.4. The van der Waals surface area contributed by atoms with Crippen LogP contribution >= 0.6 is 24.0 Å². The topological polar surface area (TPSA) is 57.5 Å². The summed E-state index contributed by atoms with van der Waals surface area (Å²) < 4.78 is 1.95. The van der Waals surface area contributed by atoms with E-state index in [0.29, 0.717) is 0 Å². The highest BCUT2D eigenvalue weighted by Gasteiger charge is 2.02. The van der Waals surface area contributed by atoms with E-state index in [4.69, 9.17) is 0 Å². The number of nitrogens with zero attached hydrogens (tertiary/aromatic N) is 4. The van der Waals surface area contributed by atoms with Crippen molar-refractivity contribution in [3.63, 3.8) is 0 Å². The largest absolute Gasteiger partial charge is 0.357 e. The Morgan fingerprint density at radius 2 is 1.84 bits per heavy atom. The molecule has 0 fully saturated rings. The van der Waals surface area contributed by atoms with Crippen LogP contribution in [0, 0.1) is 0 Å². The number of aryl methyl sites for hydroxylation is 1. The quantitative estimate of drug-likeness (QED) is 0.204. The van der Waals surface area contributed by atoms with Gasteiger partial charge >= 0.3 is 0 Å². The van der Waals surface area contributed by atoms with E-state index in [9.17, 15) is 0 Å². The Labute approximate surface area is 170 Å². The molecule has 0 aromatic carbocycles. The molecule has 6 nitrogen and oxygen atoms in total. The molecule has 0 radical (unpaired) electrons. The fourth-order valence-electron chi connectivity index (χ4n) is 2.68. The van der Waals surface area contributed by atoms with Crippen molar-refractivity contribution >= 4 is 29.9 Å². The minimum Gasteiger partial charge on any atom is -0.357 e. The van der Waals surface area contributed by atoms with Crippen LogP contribution in [-0.4, -0.2) is 59.9 Å². The van der Waals surface area contributed by atoms with E-state index >= 15 is 0 Å². The van der Waals surface area contributed by atoms with E-state index in [2.05, 4.69) is 46.4 Å². The molecule has 0 aliphatic rings. The van der Waals surface area contributed by atoms with Gasteiger partial charge in [0.25, 0.3) is 0 Å². The van der Waals surface area contributed by atoms with Gasteiger partial charge in [0.15, 0.2) is 5.96 Å². The summed E-state index contributed by atoms with van der Waals surface area (Å²) in [4.78, 5) is 7.19. The van der Waals surface area contributed by atoms with Gasteiger partial charge in [0.1, 0.15) is 0 Å². The fraction of sp³-hybridized carbons (Fsp3) is 0.778. The Balaban J connectivity index is 0.00000576. The van der Waals surface area contributed by atoms with Crippen molar-refractivity contribution in [2.75, 3.05) is 39.3 Å². The van der Waals surface area contributed by atoms with E-state index in [1.54, 1.807) is 0 Å². The van der Waals surface area contributed by atoms with E-state index in [0.717, 1.165) is 51.5 Å². The van der Waals surface area contributed by atoms with Crippen molar-refractivity contribution in [2.45, 2.75) is 53.0 Å². The lowest BCUT2D eigenvalue weighted by Gasteiger charge is -2.21. The maximum absolute atomic E-state index is 4.64. The number of rotatable bonds is 13. The fourth-order valence-corrected chi connectivity index (χ4v) is 2.68. The summed E-state index contributed by atoms with van der Waals surface area (Å²) in [6.07, 6.45) is 8.42. The predicted molar refractivity (Wildman–Crippen MR) is 118 cm³/mol. The molecular formula is C18H37IN6. The molecule has 0 bridgehead atoms. The van der Waals surface area contributed by atoms with Gasteiger partial charge in [-0.1, -0.05) is 13.8 Å². The van der Waals surface area contributed by atoms with Gasteiger partial charge in [-0.25, -0.2) is 0 Å². The molecule has 7 heteroatoms. The smallest absolute Gasteiger partial charge is 0.191 e. The standard InChI is InChI=1S/C18H36N6.HI/c1-4-13-23(14-5-2)15-7-10-20-18(19-6-3)21-11-8-16-24-17-9-12-22-24;/h9,12,17H,4-8,10-11,13-16H2,1-3H3,(H2,19,20,21);1H. The molecule has 0 unspecified atom stereocenters. The van der Waals surface area contributed by atoms with E-state index < -0.39 is 0 Å². The third-order valence-corrected chi connectivity index (χ3v) is 3.74. The van der Waals surface area contributed by atoms with E-state index in [-0.39, 0.29) is 24.0 Å².